The van der Waals surface area contributed by atoms with Crippen molar-refractivity contribution in [3.8, 4) is 11.4 Å². The molecule has 5 nitrogen and oxygen atoms in total. The molecule has 2 aromatic carbocycles. The van der Waals surface area contributed by atoms with Gasteiger partial charge in [-0.1, -0.05) is 60.7 Å². The summed E-state index contributed by atoms with van der Waals surface area (Å²) in [4.78, 5) is 23.6. The number of rotatable bonds is 7. The van der Waals surface area contributed by atoms with Crippen LogP contribution in [0.2, 0.25) is 0 Å². The molecule has 0 radical (unpaired) electrons. The fourth-order valence-electron chi connectivity index (χ4n) is 2.83. The van der Waals surface area contributed by atoms with Gasteiger partial charge in [0.25, 0.3) is 0 Å². The second-order valence-electron chi connectivity index (χ2n) is 6.02. The number of ether oxygens (including phenoxy) is 1. The van der Waals surface area contributed by atoms with E-state index < -0.39 is 5.97 Å². The van der Waals surface area contributed by atoms with E-state index in [-0.39, 0.29) is 0 Å². The van der Waals surface area contributed by atoms with Crippen molar-refractivity contribution in [2.24, 2.45) is 0 Å². The van der Waals surface area contributed by atoms with Crippen molar-refractivity contribution in [3.05, 3.63) is 78.0 Å². The van der Waals surface area contributed by atoms with E-state index in [1.807, 2.05) is 55.5 Å². The molecule has 138 valence electrons. The molecule has 3 rings (SSSR count). The molecule has 0 N–H and O–H groups in total. The van der Waals surface area contributed by atoms with E-state index in [4.69, 9.17) is 9.72 Å². The van der Waals surface area contributed by atoms with Crippen LogP contribution in [0.3, 0.4) is 0 Å². The standard InChI is InChI=1S/C22H23N3O2/c1-3-25(16-17-11-7-5-8-12-17)21-19(22(26)27-4-2)15-23-20(24-21)18-13-9-6-10-14-18/h5-15H,3-4,16H2,1-2H3. The van der Waals surface area contributed by atoms with E-state index in [9.17, 15) is 4.79 Å². The Balaban J connectivity index is 2.03. The highest BCUT2D eigenvalue weighted by molar-refractivity contribution is 5.94. The summed E-state index contributed by atoms with van der Waals surface area (Å²) in [5.41, 5.74) is 2.44. The van der Waals surface area contributed by atoms with Gasteiger partial charge in [-0.15, -0.1) is 0 Å². The maximum Gasteiger partial charge on any atom is 0.343 e. The van der Waals surface area contributed by atoms with Gasteiger partial charge < -0.3 is 9.64 Å². The van der Waals surface area contributed by atoms with Gasteiger partial charge in [-0.25, -0.2) is 14.8 Å². The molecule has 0 saturated carbocycles. The molecule has 0 spiro atoms. The number of benzene rings is 2. The van der Waals surface area contributed by atoms with Gasteiger partial charge in [0.1, 0.15) is 11.4 Å². The number of esters is 1. The summed E-state index contributed by atoms with van der Waals surface area (Å²) in [6.45, 7) is 5.49. The molecule has 0 unspecified atom stereocenters. The number of aromatic nitrogens is 2. The van der Waals surface area contributed by atoms with Crippen LogP contribution in [-0.2, 0) is 11.3 Å². The van der Waals surface area contributed by atoms with Crippen molar-refractivity contribution in [1.29, 1.82) is 0 Å². The van der Waals surface area contributed by atoms with Crippen molar-refractivity contribution < 1.29 is 9.53 Å². The summed E-state index contributed by atoms with van der Waals surface area (Å²) in [6.07, 6.45) is 1.57. The summed E-state index contributed by atoms with van der Waals surface area (Å²) >= 11 is 0. The van der Waals surface area contributed by atoms with Crippen LogP contribution in [0.25, 0.3) is 11.4 Å². The maximum absolute atomic E-state index is 12.5. The number of carbonyl (C=O) groups excluding carboxylic acids is 1. The van der Waals surface area contributed by atoms with Crippen molar-refractivity contribution >= 4 is 11.8 Å². The van der Waals surface area contributed by atoms with Crippen molar-refractivity contribution in [2.75, 3.05) is 18.1 Å². The lowest BCUT2D eigenvalue weighted by Gasteiger charge is -2.24. The van der Waals surface area contributed by atoms with Crippen molar-refractivity contribution in [1.82, 2.24) is 9.97 Å². The Morgan fingerprint density at radius 1 is 1.00 bits per heavy atom. The van der Waals surface area contributed by atoms with E-state index in [1.165, 1.54) is 0 Å². The van der Waals surface area contributed by atoms with Crippen LogP contribution in [0.5, 0.6) is 0 Å². The van der Waals surface area contributed by atoms with E-state index >= 15 is 0 Å². The van der Waals surface area contributed by atoms with Crippen LogP contribution in [-0.4, -0.2) is 29.1 Å². The van der Waals surface area contributed by atoms with E-state index in [0.717, 1.165) is 11.1 Å². The normalized spacial score (nSPS) is 10.4. The molecule has 0 saturated heterocycles. The summed E-state index contributed by atoms with van der Waals surface area (Å²) < 4.78 is 5.21. The van der Waals surface area contributed by atoms with Gasteiger partial charge in [-0.3, -0.25) is 0 Å². The first kappa shape index (κ1) is 18.6. The molecule has 0 aliphatic rings. The molecule has 5 heteroatoms. The third-order valence-electron chi connectivity index (χ3n) is 4.19. The smallest absolute Gasteiger partial charge is 0.343 e. The summed E-state index contributed by atoms with van der Waals surface area (Å²) in [5, 5.41) is 0. The van der Waals surface area contributed by atoms with E-state index in [2.05, 4.69) is 22.0 Å². The number of anilines is 1. The molecule has 0 aliphatic carbocycles. The van der Waals surface area contributed by atoms with Crippen LogP contribution < -0.4 is 4.90 Å². The zero-order chi connectivity index (χ0) is 19.1. The number of hydrogen-bond donors (Lipinski definition) is 0. The quantitative estimate of drug-likeness (QED) is 0.586. The Bertz CT molecular complexity index is 883. The second kappa shape index (κ2) is 8.94. The Morgan fingerprint density at radius 3 is 2.30 bits per heavy atom. The zero-order valence-electron chi connectivity index (χ0n) is 15.6. The lowest BCUT2D eigenvalue weighted by molar-refractivity contribution is 0.0526. The van der Waals surface area contributed by atoms with Gasteiger partial charge in [-0.2, -0.15) is 0 Å². The van der Waals surface area contributed by atoms with Gasteiger partial charge >= 0.3 is 5.97 Å². The first-order valence-electron chi connectivity index (χ1n) is 9.11. The third-order valence-corrected chi connectivity index (χ3v) is 4.19. The Morgan fingerprint density at radius 2 is 1.67 bits per heavy atom. The molecule has 0 aliphatic heterocycles. The molecule has 0 bridgehead atoms. The highest BCUT2D eigenvalue weighted by Crippen LogP contribution is 2.24. The molecule has 0 fully saturated rings. The predicted octanol–water partition coefficient (Wildman–Crippen LogP) is 4.35. The monoisotopic (exact) mass is 361 g/mol. The molecule has 3 aromatic rings. The van der Waals surface area contributed by atoms with Crippen molar-refractivity contribution in [3.63, 3.8) is 0 Å². The lowest BCUT2D eigenvalue weighted by Crippen LogP contribution is -2.26. The molecule has 27 heavy (non-hydrogen) atoms. The molecule has 1 heterocycles. The van der Waals surface area contributed by atoms with Gasteiger partial charge in [0.05, 0.1) is 6.61 Å². The first-order chi connectivity index (χ1) is 13.2. The van der Waals surface area contributed by atoms with E-state index in [0.29, 0.717) is 36.9 Å². The number of hydrogen-bond acceptors (Lipinski definition) is 5. The fraction of sp³-hybridized carbons (Fsp3) is 0.227. The Hall–Kier alpha value is -3.21. The highest BCUT2D eigenvalue weighted by atomic mass is 16.5. The van der Waals surface area contributed by atoms with Crippen LogP contribution in [0.15, 0.2) is 66.9 Å². The van der Waals surface area contributed by atoms with Gasteiger partial charge in [0, 0.05) is 24.8 Å². The van der Waals surface area contributed by atoms with Crippen LogP contribution in [0.1, 0.15) is 29.8 Å². The molecule has 0 atom stereocenters. The third kappa shape index (κ3) is 4.50. The summed E-state index contributed by atoms with van der Waals surface area (Å²) in [5.74, 6) is 0.775. The maximum atomic E-state index is 12.5. The minimum Gasteiger partial charge on any atom is -0.462 e. The summed E-state index contributed by atoms with van der Waals surface area (Å²) in [6, 6.07) is 19.9. The van der Waals surface area contributed by atoms with E-state index in [1.54, 1.807) is 13.1 Å². The fourth-order valence-corrected chi connectivity index (χ4v) is 2.83. The Kier molecular flexibility index (Phi) is 6.15. The van der Waals surface area contributed by atoms with Gasteiger partial charge in [-0.05, 0) is 19.4 Å². The zero-order valence-corrected chi connectivity index (χ0v) is 15.6. The molecular weight excluding hydrogens is 338 g/mol. The number of nitrogens with zero attached hydrogens (tertiary/aromatic N) is 3. The topological polar surface area (TPSA) is 55.3 Å². The second-order valence-corrected chi connectivity index (χ2v) is 6.02. The SMILES string of the molecule is CCOC(=O)c1cnc(-c2ccccc2)nc1N(CC)Cc1ccccc1. The minimum atomic E-state index is -0.404. The highest BCUT2D eigenvalue weighted by Gasteiger charge is 2.21. The van der Waals surface area contributed by atoms with Gasteiger partial charge in [0.2, 0.25) is 0 Å². The largest absolute Gasteiger partial charge is 0.462 e. The van der Waals surface area contributed by atoms with Crippen molar-refractivity contribution in [2.45, 2.75) is 20.4 Å². The average molecular weight is 361 g/mol. The average Bonchev–Trinajstić information content (AvgIpc) is 2.73. The molecule has 0 amide bonds. The minimum absolute atomic E-state index is 0.309. The lowest BCUT2D eigenvalue weighted by atomic mass is 10.2. The van der Waals surface area contributed by atoms with Gasteiger partial charge in [0.15, 0.2) is 5.82 Å². The predicted molar refractivity (Wildman–Crippen MR) is 107 cm³/mol. The molecular formula is C22H23N3O2. The summed E-state index contributed by atoms with van der Waals surface area (Å²) in [7, 11) is 0. The van der Waals surface area contributed by atoms with Crippen LogP contribution in [0.4, 0.5) is 5.82 Å². The van der Waals surface area contributed by atoms with Crippen LogP contribution >= 0.6 is 0 Å². The molecule has 1 aromatic heterocycles. The Labute approximate surface area is 159 Å². The first-order valence-corrected chi connectivity index (χ1v) is 9.11. The van der Waals surface area contributed by atoms with Crippen LogP contribution in [0, 0.1) is 0 Å². The number of carbonyl (C=O) groups is 1.